The number of esters is 1. The van der Waals surface area contributed by atoms with Crippen molar-refractivity contribution in [3.05, 3.63) is 64.8 Å². The third-order valence-corrected chi connectivity index (χ3v) is 5.39. The number of fused-ring (bicyclic) bond motifs is 2. The third kappa shape index (κ3) is 2.51. The second kappa shape index (κ2) is 5.69. The van der Waals surface area contributed by atoms with Crippen molar-refractivity contribution in [3.63, 3.8) is 0 Å². The molecule has 2 aromatic rings. The van der Waals surface area contributed by atoms with Crippen molar-refractivity contribution in [2.75, 3.05) is 7.11 Å². The van der Waals surface area contributed by atoms with Crippen LogP contribution in [0.15, 0.2) is 47.7 Å². The van der Waals surface area contributed by atoms with E-state index in [-0.39, 0.29) is 17.2 Å². The van der Waals surface area contributed by atoms with Crippen molar-refractivity contribution in [1.29, 1.82) is 0 Å². The minimum Gasteiger partial charge on any atom is -0.466 e. The van der Waals surface area contributed by atoms with Crippen LogP contribution in [0.1, 0.15) is 31.0 Å². The molecule has 0 saturated heterocycles. The van der Waals surface area contributed by atoms with E-state index in [9.17, 15) is 9.18 Å². The first kappa shape index (κ1) is 15.8. The fourth-order valence-corrected chi connectivity index (χ4v) is 3.93. The van der Waals surface area contributed by atoms with Gasteiger partial charge in [-0.05, 0) is 55.2 Å². The first-order valence-corrected chi connectivity index (χ1v) is 8.34. The van der Waals surface area contributed by atoms with Gasteiger partial charge in [0.15, 0.2) is 0 Å². The van der Waals surface area contributed by atoms with Crippen LogP contribution in [0.25, 0.3) is 11.8 Å². The first-order chi connectivity index (χ1) is 12.0. The summed E-state index contributed by atoms with van der Waals surface area (Å²) in [7, 11) is 1.40. The molecule has 1 fully saturated rings. The number of aromatic nitrogens is 2. The average Bonchev–Trinajstić information content (AvgIpc) is 3.14. The van der Waals surface area contributed by atoms with Crippen molar-refractivity contribution in [2.24, 2.45) is 5.41 Å². The molecule has 4 rings (SSSR count). The normalized spacial score (nSPS) is 23.2. The minimum absolute atomic E-state index is 0.155. The molecule has 5 heteroatoms. The van der Waals surface area contributed by atoms with Crippen molar-refractivity contribution in [1.82, 2.24) is 9.78 Å². The molecule has 0 bridgehead atoms. The number of hydrogen-bond donors (Lipinski definition) is 0. The van der Waals surface area contributed by atoms with Crippen LogP contribution in [0, 0.1) is 11.2 Å². The molecule has 2 aliphatic carbocycles. The van der Waals surface area contributed by atoms with Crippen LogP contribution in [0.4, 0.5) is 4.39 Å². The maximum Gasteiger partial charge on any atom is 0.330 e. The van der Waals surface area contributed by atoms with Gasteiger partial charge in [-0.1, -0.05) is 18.1 Å². The lowest BCUT2D eigenvalue weighted by molar-refractivity contribution is -0.134. The van der Waals surface area contributed by atoms with Gasteiger partial charge in [-0.25, -0.2) is 13.9 Å². The second-order valence-corrected chi connectivity index (χ2v) is 6.81. The fourth-order valence-electron chi connectivity index (χ4n) is 3.93. The molecular weight excluding hydrogens is 319 g/mol. The molecule has 0 N–H and O–H groups in total. The van der Waals surface area contributed by atoms with Crippen LogP contribution < -0.4 is 0 Å². The van der Waals surface area contributed by atoms with Gasteiger partial charge < -0.3 is 4.74 Å². The number of rotatable bonds is 2. The van der Waals surface area contributed by atoms with E-state index in [0.29, 0.717) is 0 Å². The van der Waals surface area contributed by atoms with Crippen LogP contribution >= 0.6 is 0 Å². The summed E-state index contributed by atoms with van der Waals surface area (Å²) < 4.78 is 19.8. The Hall–Kier alpha value is -2.69. The molecule has 1 unspecified atom stereocenters. The number of carbonyl (C=O) groups is 1. The van der Waals surface area contributed by atoms with Gasteiger partial charge in [-0.15, -0.1) is 0 Å². The summed E-state index contributed by atoms with van der Waals surface area (Å²) in [6.45, 7) is 2.18. The minimum atomic E-state index is -0.301. The number of nitrogens with zero attached hydrogens (tertiary/aromatic N) is 2. The van der Waals surface area contributed by atoms with Crippen LogP contribution in [-0.4, -0.2) is 22.9 Å². The van der Waals surface area contributed by atoms with Crippen LogP contribution in [0.2, 0.25) is 0 Å². The lowest BCUT2D eigenvalue weighted by Gasteiger charge is -2.31. The number of hydrogen-bond acceptors (Lipinski definition) is 3. The lowest BCUT2D eigenvalue weighted by Crippen LogP contribution is -2.24. The third-order valence-electron chi connectivity index (χ3n) is 5.39. The van der Waals surface area contributed by atoms with Crippen LogP contribution in [0.3, 0.4) is 0 Å². The summed E-state index contributed by atoms with van der Waals surface area (Å²) in [5, 5.41) is 4.50. The highest BCUT2D eigenvalue weighted by molar-refractivity contribution is 5.83. The molecule has 1 heterocycles. The number of ether oxygens (including phenoxy) is 1. The van der Waals surface area contributed by atoms with Crippen LogP contribution in [0.5, 0.6) is 0 Å². The van der Waals surface area contributed by atoms with Gasteiger partial charge in [0.1, 0.15) is 5.82 Å². The van der Waals surface area contributed by atoms with E-state index in [0.717, 1.165) is 41.8 Å². The topological polar surface area (TPSA) is 44.1 Å². The Morgan fingerprint density at radius 2 is 2.08 bits per heavy atom. The molecule has 2 aliphatic rings. The van der Waals surface area contributed by atoms with E-state index < -0.39 is 0 Å². The molecule has 4 nitrogen and oxygen atoms in total. The number of methoxy groups -OCH3 is 1. The van der Waals surface area contributed by atoms with Gasteiger partial charge in [0.05, 0.1) is 24.7 Å². The molecule has 1 saturated carbocycles. The molecule has 1 aromatic heterocycles. The van der Waals surface area contributed by atoms with E-state index in [2.05, 4.69) is 18.1 Å². The number of halogens is 1. The van der Waals surface area contributed by atoms with Gasteiger partial charge in [0.25, 0.3) is 0 Å². The Bertz CT molecular complexity index is 908. The van der Waals surface area contributed by atoms with Gasteiger partial charge in [0, 0.05) is 11.5 Å². The monoisotopic (exact) mass is 338 g/mol. The molecule has 1 aromatic carbocycles. The van der Waals surface area contributed by atoms with Gasteiger partial charge in [-0.3, -0.25) is 0 Å². The number of carbonyl (C=O) groups excluding carboxylic acids is 1. The predicted molar refractivity (Wildman–Crippen MR) is 92.6 cm³/mol. The Kier molecular flexibility index (Phi) is 3.60. The van der Waals surface area contributed by atoms with Crippen LogP contribution in [-0.2, 0) is 16.0 Å². The van der Waals surface area contributed by atoms with Gasteiger partial charge in [-0.2, -0.15) is 5.10 Å². The zero-order chi connectivity index (χ0) is 17.6. The lowest BCUT2D eigenvalue weighted by atomic mass is 9.72. The Morgan fingerprint density at radius 3 is 2.80 bits per heavy atom. The second-order valence-electron chi connectivity index (χ2n) is 6.81. The van der Waals surface area contributed by atoms with E-state index in [1.54, 1.807) is 18.2 Å². The van der Waals surface area contributed by atoms with Crippen molar-refractivity contribution in [3.8, 4) is 5.69 Å². The molecule has 1 atom stereocenters. The van der Waals surface area contributed by atoms with E-state index in [1.165, 1.54) is 24.8 Å². The quantitative estimate of drug-likeness (QED) is 0.617. The van der Waals surface area contributed by atoms with Gasteiger partial charge in [0.2, 0.25) is 0 Å². The zero-order valence-corrected chi connectivity index (χ0v) is 14.3. The summed E-state index contributed by atoms with van der Waals surface area (Å²) in [6.07, 6.45) is 8.27. The maximum absolute atomic E-state index is 13.2. The highest BCUT2D eigenvalue weighted by Gasteiger charge is 2.42. The predicted octanol–water partition coefficient (Wildman–Crippen LogP) is 3.85. The summed E-state index contributed by atoms with van der Waals surface area (Å²) >= 11 is 0. The van der Waals surface area contributed by atoms with E-state index >= 15 is 0 Å². The standard InChI is InChI=1S/C20H19FN2O2/c1-20-11-13-12-22-23(17-7-5-16(21)6-8-17)18(13)9-14(20)3-4-15(20)10-19(24)25-2/h5-10,12H,3-4,11H2,1-2H3/b15-10+. The molecule has 0 radical (unpaired) electrons. The Labute approximate surface area is 145 Å². The fraction of sp³-hybridized carbons (Fsp3) is 0.300. The highest BCUT2D eigenvalue weighted by Crippen LogP contribution is 2.52. The largest absolute Gasteiger partial charge is 0.466 e. The van der Waals surface area contributed by atoms with Crippen molar-refractivity contribution < 1.29 is 13.9 Å². The summed E-state index contributed by atoms with van der Waals surface area (Å²) in [5.41, 5.74) is 5.28. The SMILES string of the molecule is COC(=O)/C=C1\CCC2=Cc3c(cnn3-c3ccc(F)cc3)CC21C. The molecule has 0 aliphatic heterocycles. The van der Waals surface area contributed by atoms with Crippen molar-refractivity contribution in [2.45, 2.75) is 26.2 Å². The summed E-state index contributed by atoms with van der Waals surface area (Å²) in [6, 6.07) is 6.34. The Balaban J connectivity index is 1.75. The average molecular weight is 338 g/mol. The smallest absolute Gasteiger partial charge is 0.330 e. The zero-order valence-electron chi connectivity index (χ0n) is 14.3. The van der Waals surface area contributed by atoms with Gasteiger partial charge >= 0.3 is 5.97 Å². The molecule has 0 spiro atoms. The summed E-state index contributed by atoms with van der Waals surface area (Å²) in [4.78, 5) is 11.7. The van der Waals surface area contributed by atoms with E-state index in [1.807, 2.05) is 10.9 Å². The Morgan fingerprint density at radius 1 is 1.32 bits per heavy atom. The maximum atomic E-state index is 13.2. The number of benzene rings is 1. The molecule has 25 heavy (non-hydrogen) atoms. The number of allylic oxidation sites excluding steroid dienone is 2. The summed E-state index contributed by atoms with van der Waals surface area (Å²) in [5.74, 6) is -0.561. The highest BCUT2D eigenvalue weighted by atomic mass is 19.1. The molecular formula is C20H19FN2O2. The molecule has 0 amide bonds. The van der Waals surface area contributed by atoms with E-state index in [4.69, 9.17) is 4.74 Å². The molecule has 128 valence electrons. The first-order valence-electron chi connectivity index (χ1n) is 8.34. The van der Waals surface area contributed by atoms with Crippen molar-refractivity contribution >= 4 is 12.0 Å².